The zero-order valence-corrected chi connectivity index (χ0v) is 30.0. The fourth-order valence-corrected chi connectivity index (χ4v) is 7.40. The van der Waals surface area contributed by atoms with Crippen LogP contribution in [0.25, 0.3) is 16.8 Å². The number of rotatable bonds is 12. The SMILES string of the molecule is CCOc1cc(/C=c2/sc3n(c2=O)[C@H](c2cc(OC)ccc2OC)C(C(=O)N(CC)CC)=C(C)N=3)ccc1OCc1cccc2ccccc12. The number of aromatic nitrogens is 1. The molecule has 10 heteroatoms. The van der Waals surface area contributed by atoms with Crippen molar-refractivity contribution < 1.29 is 23.7 Å². The molecule has 0 unspecified atom stereocenters. The second-order valence-electron chi connectivity index (χ2n) is 11.7. The Labute approximate surface area is 295 Å². The van der Waals surface area contributed by atoms with Gasteiger partial charge >= 0.3 is 0 Å². The Morgan fingerprint density at radius 3 is 2.40 bits per heavy atom. The fourth-order valence-electron chi connectivity index (χ4n) is 6.35. The van der Waals surface area contributed by atoms with Crippen LogP contribution in [0.3, 0.4) is 0 Å². The third-order valence-corrected chi connectivity index (χ3v) is 9.85. The number of ether oxygens (including phenoxy) is 4. The van der Waals surface area contributed by atoms with Gasteiger partial charge < -0.3 is 23.8 Å². The Bertz CT molecular complexity index is 2260. The van der Waals surface area contributed by atoms with Gasteiger partial charge in [-0.15, -0.1) is 0 Å². The Balaban J connectivity index is 1.43. The number of hydrogen-bond acceptors (Lipinski definition) is 8. The summed E-state index contributed by atoms with van der Waals surface area (Å²) in [5.74, 6) is 2.12. The van der Waals surface area contributed by atoms with E-state index in [1.807, 2.05) is 76.2 Å². The molecule has 1 aromatic heterocycles. The topological polar surface area (TPSA) is 91.6 Å². The van der Waals surface area contributed by atoms with Crippen molar-refractivity contribution in [2.24, 2.45) is 4.99 Å². The van der Waals surface area contributed by atoms with Crippen molar-refractivity contribution in [1.82, 2.24) is 9.47 Å². The first kappa shape index (κ1) is 34.5. The van der Waals surface area contributed by atoms with E-state index >= 15 is 0 Å². The first-order chi connectivity index (χ1) is 24.3. The number of nitrogens with zero attached hydrogens (tertiary/aromatic N) is 3. The number of amides is 1. The molecule has 5 aromatic rings. The van der Waals surface area contributed by atoms with Crippen molar-refractivity contribution in [2.75, 3.05) is 33.9 Å². The summed E-state index contributed by atoms with van der Waals surface area (Å²) in [6, 6.07) is 24.7. The van der Waals surface area contributed by atoms with E-state index in [1.54, 1.807) is 35.8 Å². The van der Waals surface area contributed by atoms with E-state index in [4.69, 9.17) is 23.9 Å². The van der Waals surface area contributed by atoms with Crippen LogP contribution in [0.15, 0.2) is 99.9 Å². The van der Waals surface area contributed by atoms with Crippen LogP contribution in [0.2, 0.25) is 0 Å². The summed E-state index contributed by atoms with van der Waals surface area (Å²) in [6.07, 6.45) is 1.83. The van der Waals surface area contributed by atoms with Crippen molar-refractivity contribution in [1.29, 1.82) is 0 Å². The smallest absolute Gasteiger partial charge is 0.271 e. The summed E-state index contributed by atoms with van der Waals surface area (Å²) in [7, 11) is 3.15. The Kier molecular flexibility index (Phi) is 10.4. The van der Waals surface area contributed by atoms with Crippen LogP contribution in [0, 0.1) is 0 Å². The molecule has 50 heavy (non-hydrogen) atoms. The van der Waals surface area contributed by atoms with Crippen molar-refractivity contribution in [3.05, 3.63) is 127 Å². The van der Waals surface area contributed by atoms with Gasteiger partial charge in [0.1, 0.15) is 24.1 Å². The number of methoxy groups -OCH3 is 2. The maximum Gasteiger partial charge on any atom is 0.271 e. The lowest BCUT2D eigenvalue weighted by Crippen LogP contribution is -2.43. The first-order valence-corrected chi connectivity index (χ1v) is 17.5. The van der Waals surface area contributed by atoms with Gasteiger partial charge in [0, 0.05) is 18.7 Å². The molecule has 0 spiro atoms. The lowest BCUT2D eigenvalue weighted by atomic mass is 9.93. The molecule has 0 bridgehead atoms. The Morgan fingerprint density at radius 1 is 0.900 bits per heavy atom. The molecule has 9 nitrogen and oxygen atoms in total. The highest BCUT2D eigenvalue weighted by Crippen LogP contribution is 2.38. The molecule has 0 aliphatic carbocycles. The number of benzene rings is 4. The molecular weight excluding hydrogens is 651 g/mol. The average molecular weight is 692 g/mol. The molecule has 0 N–H and O–H groups in total. The monoisotopic (exact) mass is 691 g/mol. The molecule has 1 amide bonds. The number of likely N-dealkylation sites (N-methyl/N-ethyl adjacent to an activating group) is 1. The number of fused-ring (bicyclic) bond motifs is 2. The predicted molar refractivity (Wildman–Crippen MR) is 197 cm³/mol. The van der Waals surface area contributed by atoms with Gasteiger partial charge in [-0.3, -0.25) is 14.2 Å². The molecule has 0 saturated heterocycles. The second kappa shape index (κ2) is 15.0. The van der Waals surface area contributed by atoms with Gasteiger partial charge in [-0.2, -0.15) is 0 Å². The quantitative estimate of drug-likeness (QED) is 0.154. The highest BCUT2D eigenvalue weighted by atomic mass is 32.1. The third-order valence-electron chi connectivity index (χ3n) is 8.86. The third kappa shape index (κ3) is 6.63. The normalized spacial score (nSPS) is 14.3. The molecule has 2 heterocycles. The van der Waals surface area contributed by atoms with Gasteiger partial charge in [0.05, 0.1) is 36.6 Å². The predicted octanol–water partition coefficient (Wildman–Crippen LogP) is 6.25. The van der Waals surface area contributed by atoms with E-state index in [9.17, 15) is 9.59 Å². The standard InChI is InChI=1S/C40H41N3O6S/c1-7-42(8-2)39(45)36-25(4)41-40-43(37(36)31-23-29(46-5)18-20-32(31)47-6)38(44)35(50-40)22-26-17-19-33(34(21-26)48-9-3)49-24-28-15-12-14-27-13-10-11-16-30(27)28/h10-23,37H,7-9,24H2,1-6H3/b35-22+/t37-/m1/s1. The fraction of sp³-hybridized carbons (Fsp3) is 0.275. The van der Waals surface area contributed by atoms with E-state index < -0.39 is 6.04 Å². The van der Waals surface area contributed by atoms with Crippen molar-refractivity contribution >= 4 is 34.1 Å². The van der Waals surface area contributed by atoms with Crippen molar-refractivity contribution in [3.8, 4) is 23.0 Å². The summed E-state index contributed by atoms with van der Waals surface area (Å²) in [6.45, 7) is 9.46. The van der Waals surface area contributed by atoms with Gasteiger partial charge in [0.25, 0.3) is 11.5 Å². The highest BCUT2D eigenvalue weighted by Gasteiger charge is 2.36. The van der Waals surface area contributed by atoms with Crippen LogP contribution in [0.1, 0.15) is 50.4 Å². The number of carbonyl (C=O) groups excluding carboxylic acids is 1. The van der Waals surface area contributed by atoms with Crippen LogP contribution in [-0.4, -0.2) is 49.3 Å². The summed E-state index contributed by atoms with van der Waals surface area (Å²) < 4.78 is 25.7. The van der Waals surface area contributed by atoms with Crippen LogP contribution in [0.5, 0.6) is 23.0 Å². The second-order valence-corrected chi connectivity index (χ2v) is 12.7. The maximum atomic E-state index is 14.4. The lowest BCUT2D eigenvalue weighted by Gasteiger charge is -2.30. The minimum absolute atomic E-state index is 0.180. The van der Waals surface area contributed by atoms with E-state index in [1.165, 1.54) is 11.3 Å². The van der Waals surface area contributed by atoms with Gasteiger partial charge in [-0.1, -0.05) is 59.9 Å². The minimum Gasteiger partial charge on any atom is -0.497 e. The highest BCUT2D eigenvalue weighted by molar-refractivity contribution is 7.07. The minimum atomic E-state index is -0.782. The largest absolute Gasteiger partial charge is 0.497 e. The van der Waals surface area contributed by atoms with Crippen LogP contribution in [0.4, 0.5) is 0 Å². The van der Waals surface area contributed by atoms with Crippen molar-refractivity contribution in [3.63, 3.8) is 0 Å². The number of carbonyl (C=O) groups is 1. The summed E-state index contributed by atoms with van der Waals surface area (Å²) >= 11 is 1.27. The van der Waals surface area contributed by atoms with Crippen LogP contribution in [-0.2, 0) is 11.4 Å². The van der Waals surface area contributed by atoms with Gasteiger partial charge in [-0.25, -0.2) is 4.99 Å². The first-order valence-electron chi connectivity index (χ1n) is 16.7. The number of hydrogen-bond donors (Lipinski definition) is 0. The van der Waals surface area contributed by atoms with E-state index in [0.29, 0.717) is 75.5 Å². The van der Waals surface area contributed by atoms with Gasteiger partial charge in [-0.05, 0) is 86.0 Å². The Hall–Kier alpha value is -5.35. The van der Waals surface area contributed by atoms with Crippen LogP contribution < -0.4 is 33.8 Å². The van der Waals surface area contributed by atoms with Crippen molar-refractivity contribution in [2.45, 2.75) is 40.3 Å². The van der Waals surface area contributed by atoms with E-state index in [-0.39, 0.29) is 11.5 Å². The molecule has 1 aliphatic rings. The van der Waals surface area contributed by atoms with E-state index in [2.05, 4.69) is 24.3 Å². The molecule has 1 atom stereocenters. The number of thiazole rings is 1. The lowest BCUT2D eigenvalue weighted by molar-refractivity contribution is -0.127. The Morgan fingerprint density at radius 2 is 1.66 bits per heavy atom. The summed E-state index contributed by atoms with van der Waals surface area (Å²) in [5.41, 5.74) is 3.18. The molecule has 4 aromatic carbocycles. The van der Waals surface area contributed by atoms with Gasteiger partial charge in [0.15, 0.2) is 16.3 Å². The maximum absolute atomic E-state index is 14.4. The summed E-state index contributed by atoms with van der Waals surface area (Å²) in [4.78, 5) is 35.5. The summed E-state index contributed by atoms with van der Waals surface area (Å²) in [5, 5.41) is 2.30. The molecule has 0 fully saturated rings. The van der Waals surface area contributed by atoms with E-state index in [0.717, 1.165) is 21.9 Å². The molecule has 0 radical (unpaired) electrons. The zero-order valence-electron chi connectivity index (χ0n) is 29.2. The van der Waals surface area contributed by atoms with Gasteiger partial charge in [0.2, 0.25) is 0 Å². The molecular formula is C40H41N3O6S. The number of allylic oxidation sites excluding steroid dienone is 1. The molecule has 258 valence electrons. The average Bonchev–Trinajstić information content (AvgIpc) is 3.44. The zero-order chi connectivity index (χ0) is 35.4. The van der Waals surface area contributed by atoms with Crippen LogP contribution >= 0.6 is 11.3 Å². The molecule has 0 saturated carbocycles. The molecule has 6 rings (SSSR count). The molecule has 1 aliphatic heterocycles.